The third-order valence-electron chi connectivity index (χ3n) is 10.0. The van der Waals surface area contributed by atoms with Crippen LogP contribution < -0.4 is 0 Å². The number of allylic oxidation sites excluding steroid dienone is 11. The van der Waals surface area contributed by atoms with Crippen molar-refractivity contribution < 1.29 is 51.6 Å². The average molecular weight is 889 g/mol. The van der Waals surface area contributed by atoms with E-state index in [1.165, 1.54) is 11.1 Å². The molecule has 0 amide bonds. The van der Waals surface area contributed by atoms with Crippen LogP contribution in [0.5, 0.6) is 0 Å². The van der Waals surface area contributed by atoms with Gasteiger partial charge in [-0.15, -0.1) is 0 Å². The molecule has 62 heavy (non-hydrogen) atoms. The minimum Gasteiger partial charge on any atom is -0.466 e. The van der Waals surface area contributed by atoms with Crippen molar-refractivity contribution in [1.29, 1.82) is 0 Å². The number of hydrogen-bond acceptors (Lipinski definition) is 9. The van der Waals surface area contributed by atoms with E-state index < -0.39 is 38.6 Å². The molecule has 3 atom stereocenters. The first-order chi connectivity index (χ1) is 29.7. The lowest BCUT2D eigenvalue weighted by molar-refractivity contribution is -0.870. The Morgan fingerprint density at radius 1 is 0.694 bits per heavy atom. The van der Waals surface area contributed by atoms with E-state index in [2.05, 4.69) is 76.3 Å². The summed E-state index contributed by atoms with van der Waals surface area (Å²) < 4.78 is 40.3. The second-order valence-electron chi connectivity index (χ2n) is 16.8. The summed E-state index contributed by atoms with van der Waals surface area (Å²) in [6, 6.07) is 0. The molecule has 1 heterocycles. The highest BCUT2D eigenvalue weighted by Crippen LogP contribution is 2.43. The number of rotatable bonds is 37. The predicted molar refractivity (Wildman–Crippen MR) is 252 cm³/mol. The summed E-state index contributed by atoms with van der Waals surface area (Å²) in [5.74, 6) is 1.16. The fourth-order valence-electron chi connectivity index (χ4n) is 6.17. The van der Waals surface area contributed by atoms with Crippen molar-refractivity contribution in [3.8, 4) is 0 Å². The van der Waals surface area contributed by atoms with Crippen LogP contribution in [0.2, 0.25) is 0 Å². The summed E-state index contributed by atoms with van der Waals surface area (Å²) >= 11 is 0. The molecule has 0 saturated carbocycles. The molecule has 0 bridgehead atoms. The zero-order valence-electron chi connectivity index (χ0n) is 39.4. The molecule has 0 aliphatic heterocycles. The van der Waals surface area contributed by atoms with Gasteiger partial charge in [-0.2, -0.15) is 0 Å². The summed E-state index contributed by atoms with van der Waals surface area (Å²) in [5.41, 5.74) is 2.60. The predicted octanol–water partition coefficient (Wildman–Crippen LogP) is 11.6. The second-order valence-corrected chi connectivity index (χ2v) is 18.3. The first-order valence-electron chi connectivity index (χ1n) is 23.1. The number of furan rings is 1. The molecule has 0 aliphatic carbocycles. The molecule has 0 fully saturated rings. The molecule has 1 aromatic heterocycles. The monoisotopic (exact) mass is 889 g/mol. The van der Waals surface area contributed by atoms with Crippen LogP contribution in [0.1, 0.15) is 146 Å². The minimum atomic E-state index is -4.45. The number of carbonyl (C=O) groups excluding carboxylic acids is 2. The first kappa shape index (κ1) is 56.7. The van der Waals surface area contributed by atoms with E-state index in [-0.39, 0.29) is 32.5 Å². The van der Waals surface area contributed by atoms with E-state index >= 15 is 0 Å². The average Bonchev–Trinajstić information content (AvgIpc) is 3.48. The number of hydrogen-bond donors (Lipinski definition) is 2. The van der Waals surface area contributed by atoms with E-state index in [1.54, 1.807) is 12.2 Å². The van der Waals surface area contributed by atoms with Crippen molar-refractivity contribution >= 4 is 19.8 Å². The molecular weight excluding hydrogens is 806 g/mol. The third-order valence-corrected chi connectivity index (χ3v) is 11.0. The van der Waals surface area contributed by atoms with Crippen molar-refractivity contribution in [3.05, 3.63) is 95.6 Å². The van der Waals surface area contributed by atoms with Crippen LogP contribution in [-0.4, -0.2) is 86.1 Å². The number of carbonyl (C=O) groups is 2. The lowest BCUT2D eigenvalue weighted by Gasteiger charge is -2.24. The number of phosphoric acid groups is 1. The number of aliphatic hydroxyl groups excluding tert-OH is 1. The Kier molecular flexibility index (Phi) is 32.1. The maximum absolute atomic E-state index is 12.8. The second kappa shape index (κ2) is 35.1. The fraction of sp³-hybridized carbons (Fsp3) is 0.640. The molecule has 0 aliphatic rings. The van der Waals surface area contributed by atoms with Gasteiger partial charge in [-0.1, -0.05) is 125 Å². The molecule has 0 aromatic carbocycles. The van der Waals surface area contributed by atoms with Crippen molar-refractivity contribution in [3.63, 3.8) is 0 Å². The zero-order valence-corrected chi connectivity index (χ0v) is 40.3. The van der Waals surface area contributed by atoms with Gasteiger partial charge in [-0.05, 0) is 82.8 Å². The van der Waals surface area contributed by atoms with Crippen molar-refractivity contribution in [2.45, 2.75) is 162 Å². The van der Waals surface area contributed by atoms with Gasteiger partial charge in [-0.3, -0.25) is 18.6 Å². The quantitative estimate of drug-likeness (QED) is 0.0166. The molecule has 0 radical (unpaired) electrons. The molecule has 1 aromatic rings. The first-order valence-corrected chi connectivity index (χ1v) is 24.6. The lowest BCUT2D eigenvalue weighted by atomic mass is 10.0. The number of phosphoric ester groups is 1. The standard InChI is InChI=1S/C50H82NO10P/c1-8-10-11-12-13-14-15-16-17-18-19-20-21-24-27-30-34-45(52)37-38-49(53)57-41-46(42-59-62(55,56)58-40-39-51(5,6)7)60-50(54)36-32-29-26-23-22-25-28-31-35-48-44(4)43(3)47(61-48)33-9-2/h10-11,13-14,16-17,19-20,24,27,30,34,45-46,52H,8-9,12,15,18,21-23,25-26,28-29,31-33,35-42H2,1-7H3/p+1/b11-10-,14-13-,17-16-,20-19-,27-24-,34-30-/t45?,46-/m1/s1. The number of ether oxygens (including phenoxy) is 2. The number of unbranched alkanes of at least 4 members (excludes halogenated alkanes) is 7. The summed E-state index contributed by atoms with van der Waals surface area (Å²) in [4.78, 5) is 35.5. The normalized spacial score (nSPS) is 14.7. The van der Waals surface area contributed by atoms with Gasteiger partial charge in [0.15, 0.2) is 6.10 Å². The largest absolute Gasteiger partial charge is 0.472 e. The SMILES string of the molecule is CC/C=C\C/C=C\C/C=C\C/C=C\C/C=C\C=C/C(O)CCC(=O)OC[C@H](COP(=O)(O)OCC[N+](C)(C)C)OC(=O)CCCCCCCCCCc1oc(CCC)c(C)c1C. The Balaban J connectivity index is 2.43. The van der Waals surface area contributed by atoms with E-state index in [0.717, 1.165) is 108 Å². The van der Waals surface area contributed by atoms with Crippen LogP contribution in [0, 0.1) is 13.8 Å². The number of esters is 2. The molecule has 0 spiro atoms. The summed E-state index contributed by atoms with van der Waals surface area (Å²) in [7, 11) is 1.32. The van der Waals surface area contributed by atoms with Crippen LogP contribution in [0.15, 0.2) is 77.3 Å². The van der Waals surface area contributed by atoms with Crippen LogP contribution in [-0.2, 0) is 45.5 Å². The summed E-state index contributed by atoms with van der Waals surface area (Å²) in [5, 5.41) is 10.3. The van der Waals surface area contributed by atoms with Crippen LogP contribution in [0.25, 0.3) is 0 Å². The van der Waals surface area contributed by atoms with Gasteiger partial charge in [0.25, 0.3) is 0 Å². The summed E-state index contributed by atoms with van der Waals surface area (Å²) in [6.07, 6.45) is 38.5. The van der Waals surface area contributed by atoms with Crippen molar-refractivity contribution in [2.24, 2.45) is 0 Å². The van der Waals surface area contributed by atoms with Gasteiger partial charge in [0.2, 0.25) is 0 Å². The highest BCUT2D eigenvalue weighted by Gasteiger charge is 2.27. The topological polar surface area (TPSA) is 142 Å². The maximum atomic E-state index is 12.8. The van der Waals surface area contributed by atoms with Gasteiger partial charge < -0.3 is 28.4 Å². The van der Waals surface area contributed by atoms with Crippen LogP contribution in [0.4, 0.5) is 0 Å². The van der Waals surface area contributed by atoms with Gasteiger partial charge in [0, 0.05) is 25.7 Å². The Morgan fingerprint density at radius 3 is 1.82 bits per heavy atom. The Labute approximate surface area is 375 Å². The van der Waals surface area contributed by atoms with Gasteiger partial charge in [0.05, 0.1) is 33.9 Å². The molecule has 2 unspecified atom stereocenters. The van der Waals surface area contributed by atoms with Gasteiger partial charge >= 0.3 is 19.8 Å². The minimum absolute atomic E-state index is 0.0151. The molecule has 12 heteroatoms. The van der Waals surface area contributed by atoms with E-state index in [9.17, 15) is 24.2 Å². The highest BCUT2D eigenvalue weighted by atomic mass is 31.2. The van der Waals surface area contributed by atoms with E-state index in [1.807, 2.05) is 33.3 Å². The molecular formula is C50H83NO10P+. The number of quaternary nitrogens is 1. The van der Waals surface area contributed by atoms with E-state index in [0.29, 0.717) is 17.4 Å². The summed E-state index contributed by atoms with van der Waals surface area (Å²) in [6.45, 7) is 8.22. The molecule has 0 saturated heterocycles. The number of aliphatic hydroxyl groups is 1. The van der Waals surface area contributed by atoms with Crippen LogP contribution in [0.3, 0.4) is 0 Å². The van der Waals surface area contributed by atoms with Gasteiger partial charge in [0.1, 0.15) is 31.3 Å². The smallest absolute Gasteiger partial charge is 0.466 e. The number of nitrogens with zero attached hydrogens (tertiary/aromatic N) is 1. The number of likely N-dealkylation sites (N-methyl/N-ethyl adjacent to an activating group) is 1. The fourth-order valence-corrected chi connectivity index (χ4v) is 6.91. The Morgan fingerprint density at radius 2 is 1.24 bits per heavy atom. The molecule has 2 N–H and O–H groups in total. The Bertz CT molecular complexity index is 1580. The van der Waals surface area contributed by atoms with Crippen molar-refractivity contribution in [2.75, 3.05) is 47.5 Å². The van der Waals surface area contributed by atoms with E-state index in [4.69, 9.17) is 22.9 Å². The highest BCUT2D eigenvalue weighted by molar-refractivity contribution is 7.47. The third kappa shape index (κ3) is 31.5. The van der Waals surface area contributed by atoms with Gasteiger partial charge in [-0.25, -0.2) is 4.57 Å². The molecule has 11 nitrogen and oxygen atoms in total. The molecule has 352 valence electrons. The lowest BCUT2D eigenvalue weighted by Crippen LogP contribution is -2.37. The van der Waals surface area contributed by atoms with Crippen LogP contribution >= 0.6 is 7.82 Å². The van der Waals surface area contributed by atoms with Crippen molar-refractivity contribution in [1.82, 2.24) is 0 Å². The zero-order chi connectivity index (χ0) is 45.9. The Hall–Kier alpha value is -3.31. The molecule has 1 rings (SSSR count). The number of aryl methyl sites for hydroxylation is 2. The maximum Gasteiger partial charge on any atom is 0.472 e.